The van der Waals surface area contributed by atoms with Crippen molar-refractivity contribution in [3.8, 4) is 11.3 Å². The van der Waals surface area contributed by atoms with Crippen molar-refractivity contribution in [2.45, 2.75) is 19.4 Å². The fraction of sp³-hybridized carbons (Fsp3) is 0.375. The van der Waals surface area contributed by atoms with Crippen LogP contribution in [0.25, 0.3) is 11.3 Å². The number of rotatable bonds is 3. The van der Waals surface area contributed by atoms with Crippen LogP contribution in [0.1, 0.15) is 22.5 Å². The summed E-state index contributed by atoms with van der Waals surface area (Å²) >= 11 is 0. The van der Waals surface area contributed by atoms with E-state index in [1.807, 2.05) is 38.2 Å². The molecule has 0 bridgehead atoms. The number of likely N-dealkylation sites (N-methyl/N-ethyl adjacent to an activating group) is 1. The molecule has 0 spiro atoms. The van der Waals surface area contributed by atoms with Gasteiger partial charge in [-0.2, -0.15) is 0 Å². The third kappa shape index (κ3) is 2.69. The number of amides is 1. The summed E-state index contributed by atoms with van der Waals surface area (Å²) < 4.78 is 5.45. The molecule has 1 aliphatic heterocycles. The molecule has 2 aromatic rings. The third-order valence-corrected chi connectivity index (χ3v) is 3.99. The van der Waals surface area contributed by atoms with E-state index in [0.29, 0.717) is 11.5 Å². The summed E-state index contributed by atoms with van der Waals surface area (Å²) in [6.45, 7) is 3.81. The van der Waals surface area contributed by atoms with Gasteiger partial charge in [0.05, 0.1) is 0 Å². The highest BCUT2D eigenvalue weighted by atomic mass is 16.3. The van der Waals surface area contributed by atoms with Gasteiger partial charge in [-0.05, 0) is 19.9 Å². The average molecular weight is 285 g/mol. The molecule has 1 atom stereocenters. The van der Waals surface area contributed by atoms with Crippen molar-refractivity contribution < 1.29 is 9.21 Å². The molecule has 1 aromatic heterocycles. The quantitative estimate of drug-likeness (QED) is 0.938. The molecule has 0 saturated carbocycles. The Morgan fingerprint density at radius 1 is 1.38 bits per heavy atom. The Morgan fingerprint density at radius 3 is 2.81 bits per heavy atom. The van der Waals surface area contributed by atoms with Crippen LogP contribution < -0.4 is 5.32 Å². The van der Waals surface area contributed by atoms with Gasteiger partial charge in [0.2, 0.25) is 0 Å². The largest absolute Gasteiger partial charge is 0.443 e. The second kappa shape index (κ2) is 5.69. The first-order valence-corrected chi connectivity index (χ1v) is 7.15. The lowest BCUT2D eigenvalue weighted by atomic mass is 10.1. The molecule has 1 saturated heterocycles. The first kappa shape index (κ1) is 13.8. The minimum Gasteiger partial charge on any atom is -0.443 e. The van der Waals surface area contributed by atoms with Crippen LogP contribution in [-0.4, -0.2) is 42.0 Å². The molecule has 1 aliphatic rings. The van der Waals surface area contributed by atoms with Crippen LogP contribution in [0.3, 0.4) is 0 Å². The van der Waals surface area contributed by atoms with Crippen molar-refractivity contribution in [2.75, 3.05) is 20.1 Å². The molecule has 1 N–H and O–H groups in total. The highest BCUT2D eigenvalue weighted by Crippen LogP contribution is 2.25. The maximum atomic E-state index is 12.6. The van der Waals surface area contributed by atoms with Crippen LogP contribution in [0.15, 0.2) is 35.1 Å². The zero-order valence-corrected chi connectivity index (χ0v) is 12.3. The number of nitrogens with one attached hydrogen (secondary N) is 1. The molecule has 1 unspecified atom stereocenters. The zero-order chi connectivity index (χ0) is 14.8. The summed E-state index contributed by atoms with van der Waals surface area (Å²) in [6.07, 6.45) is 2.31. The summed E-state index contributed by atoms with van der Waals surface area (Å²) in [5.74, 6) is 0.450. The topological polar surface area (TPSA) is 58.4 Å². The van der Waals surface area contributed by atoms with Gasteiger partial charge in [0.15, 0.2) is 17.8 Å². The Morgan fingerprint density at radius 2 is 2.14 bits per heavy atom. The second-order valence-corrected chi connectivity index (χ2v) is 5.46. The lowest BCUT2D eigenvalue weighted by molar-refractivity contribution is 0.0739. The van der Waals surface area contributed by atoms with Crippen LogP contribution in [0.2, 0.25) is 0 Å². The summed E-state index contributed by atoms with van der Waals surface area (Å²) in [5.41, 5.74) is 2.42. The van der Waals surface area contributed by atoms with Gasteiger partial charge in [-0.1, -0.05) is 29.8 Å². The van der Waals surface area contributed by atoms with E-state index in [4.69, 9.17) is 4.42 Å². The maximum Gasteiger partial charge on any atom is 0.276 e. The van der Waals surface area contributed by atoms with E-state index in [2.05, 4.69) is 10.3 Å². The summed E-state index contributed by atoms with van der Waals surface area (Å²) in [4.78, 5) is 18.5. The lowest BCUT2D eigenvalue weighted by Crippen LogP contribution is -2.38. The van der Waals surface area contributed by atoms with E-state index in [9.17, 15) is 4.79 Å². The van der Waals surface area contributed by atoms with Gasteiger partial charge in [0.25, 0.3) is 5.91 Å². The molecular formula is C16H19N3O2. The van der Waals surface area contributed by atoms with Crippen LogP contribution >= 0.6 is 0 Å². The monoisotopic (exact) mass is 285 g/mol. The SMILES string of the molecule is Cc1ccc(-c2ocnc2C(=O)N(C)C2CCNC2)cc1. The van der Waals surface area contributed by atoms with E-state index >= 15 is 0 Å². The molecule has 21 heavy (non-hydrogen) atoms. The molecular weight excluding hydrogens is 266 g/mol. The zero-order valence-electron chi connectivity index (χ0n) is 12.3. The van der Waals surface area contributed by atoms with Gasteiger partial charge in [0, 0.05) is 25.2 Å². The van der Waals surface area contributed by atoms with E-state index < -0.39 is 0 Å². The van der Waals surface area contributed by atoms with Crippen molar-refractivity contribution in [1.82, 2.24) is 15.2 Å². The minimum atomic E-state index is -0.0898. The minimum absolute atomic E-state index is 0.0898. The van der Waals surface area contributed by atoms with Gasteiger partial charge in [-0.15, -0.1) is 0 Å². The van der Waals surface area contributed by atoms with Crippen molar-refractivity contribution in [1.29, 1.82) is 0 Å². The lowest BCUT2D eigenvalue weighted by Gasteiger charge is -2.23. The molecule has 1 fully saturated rings. The second-order valence-electron chi connectivity index (χ2n) is 5.46. The molecule has 0 aliphatic carbocycles. The normalized spacial score (nSPS) is 17.9. The van der Waals surface area contributed by atoms with Gasteiger partial charge in [-0.25, -0.2) is 4.98 Å². The Bertz CT molecular complexity index is 627. The first-order chi connectivity index (χ1) is 10.2. The van der Waals surface area contributed by atoms with Crippen molar-refractivity contribution in [2.24, 2.45) is 0 Å². The van der Waals surface area contributed by atoms with E-state index in [0.717, 1.165) is 25.1 Å². The maximum absolute atomic E-state index is 12.6. The summed E-state index contributed by atoms with van der Waals surface area (Å²) in [6, 6.07) is 8.11. The molecule has 110 valence electrons. The molecule has 5 nitrogen and oxygen atoms in total. The molecule has 1 aromatic carbocycles. The number of benzene rings is 1. The molecule has 5 heteroatoms. The van der Waals surface area contributed by atoms with Crippen LogP contribution in [-0.2, 0) is 0 Å². The van der Waals surface area contributed by atoms with E-state index in [-0.39, 0.29) is 11.9 Å². The van der Waals surface area contributed by atoms with Crippen LogP contribution in [0.4, 0.5) is 0 Å². The van der Waals surface area contributed by atoms with Crippen molar-refractivity contribution in [3.63, 3.8) is 0 Å². The van der Waals surface area contributed by atoms with E-state index in [1.54, 1.807) is 4.90 Å². The van der Waals surface area contributed by atoms with Crippen LogP contribution in [0, 0.1) is 6.92 Å². The Hall–Kier alpha value is -2.14. The van der Waals surface area contributed by atoms with Gasteiger partial charge in [0.1, 0.15) is 0 Å². The van der Waals surface area contributed by atoms with Crippen molar-refractivity contribution >= 4 is 5.91 Å². The van der Waals surface area contributed by atoms with E-state index in [1.165, 1.54) is 12.0 Å². The molecule has 2 heterocycles. The summed E-state index contributed by atoms with van der Waals surface area (Å²) in [7, 11) is 1.83. The number of hydrogen-bond acceptors (Lipinski definition) is 4. The average Bonchev–Trinajstić information content (AvgIpc) is 3.17. The fourth-order valence-electron chi connectivity index (χ4n) is 2.61. The molecule has 3 rings (SSSR count). The van der Waals surface area contributed by atoms with Gasteiger partial charge < -0.3 is 14.6 Å². The third-order valence-electron chi connectivity index (χ3n) is 3.99. The number of aryl methyl sites for hydroxylation is 1. The number of nitrogens with zero attached hydrogens (tertiary/aromatic N) is 2. The number of hydrogen-bond donors (Lipinski definition) is 1. The highest BCUT2D eigenvalue weighted by molar-refractivity contribution is 5.97. The number of oxazole rings is 1. The number of carbonyl (C=O) groups excluding carboxylic acids is 1. The predicted octanol–water partition coefficient (Wildman–Crippen LogP) is 2.08. The number of carbonyl (C=O) groups is 1. The van der Waals surface area contributed by atoms with Gasteiger partial charge >= 0.3 is 0 Å². The van der Waals surface area contributed by atoms with Gasteiger partial charge in [-0.3, -0.25) is 4.79 Å². The van der Waals surface area contributed by atoms with Crippen LogP contribution in [0.5, 0.6) is 0 Å². The predicted molar refractivity (Wildman–Crippen MR) is 80.0 cm³/mol. The Balaban J connectivity index is 1.87. The highest BCUT2D eigenvalue weighted by Gasteiger charge is 2.28. The first-order valence-electron chi connectivity index (χ1n) is 7.15. The molecule has 1 amide bonds. The van der Waals surface area contributed by atoms with Crippen molar-refractivity contribution in [3.05, 3.63) is 41.9 Å². The standard InChI is InChI=1S/C16H19N3O2/c1-11-3-5-12(6-4-11)15-14(18-10-21-15)16(20)19(2)13-7-8-17-9-13/h3-6,10,13,17H,7-9H2,1-2H3. The fourth-order valence-corrected chi connectivity index (χ4v) is 2.61. The summed E-state index contributed by atoms with van der Waals surface area (Å²) in [5, 5.41) is 3.27. The number of aromatic nitrogens is 1. The smallest absolute Gasteiger partial charge is 0.276 e. The Labute approximate surface area is 124 Å². The Kier molecular flexibility index (Phi) is 3.75. The molecule has 0 radical (unpaired) electrons.